The van der Waals surface area contributed by atoms with Crippen LogP contribution in [0.5, 0.6) is 0 Å². The van der Waals surface area contributed by atoms with Gasteiger partial charge in [-0.05, 0) is 44.9 Å². The fourth-order valence-corrected chi connectivity index (χ4v) is 2.64. The van der Waals surface area contributed by atoms with Crippen molar-refractivity contribution in [2.45, 2.75) is 34.2 Å². The Hall–Kier alpha value is -2.43. The summed E-state index contributed by atoms with van der Waals surface area (Å²) < 4.78 is 2.18. The molecule has 0 aliphatic rings. The van der Waals surface area contributed by atoms with Gasteiger partial charge >= 0.3 is 0 Å². The zero-order chi connectivity index (χ0) is 15.1. The van der Waals surface area contributed by atoms with Crippen molar-refractivity contribution in [3.8, 4) is 0 Å². The van der Waals surface area contributed by atoms with Crippen LogP contribution in [0.4, 0.5) is 5.82 Å². The number of hydrogen-bond donors (Lipinski definition) is 1. The van der Waals surface area contributed by atoms with E-state index in [1.165, 1.54) is 0 Å². The molecule has 0 spiro atoms. The lowest BCUT2D eigenvalue weighted by atomic mass is 10.2. The van der Waals surface area contributed by atoms with Crippen molar-refractivity contribution in [2.75, 3.05) is 5.73 Å². The summed E-state index contributed by atoms with van der Waals surface area (Å²) in [6.45, 7) is 8.75. The summed E-state index contributed by atoms with van der Waals surface area (Å²) in [6, 6.07) is 4.12. The van der Waals surface area contributed by atoms with Crippen LogP contribution in [-0.4, -0.2) is 19.5 Å². The molecule has 0 aliphatic heterocycles. The predicted octanol–water partition coefficient (Wildman–Crippen LogP) is 2.69. The van der Waals surface area contributed by atoms with Crippen LogP contribution in [0.1, 0.15) is 28.3 Å². The van der Waals surface area contributed by atoms with Gasteiger partial charge in [0, 0.05) is 17.6 Å². The number of aryl methyl sites for hydroxylation is 3. The molecule has 0 unspecified atom stereocenters. The summed E-state index contributed by atoms with van der Waals surface area (Å²) in [4.78, 5) is 13.2. The average molecular weight is 281 g/mol. The first-order valence-electron chi connectivity index (χ1n) is 6.98. The second-order valence-electron chi connectivity index (χ2n) is 5.46. The highest BCUT2D eigenvalue weighted by Gasteiger charge is 2.16. The zero-order valence-electron chi connectivity index (χ0n) is 12.8. The SMILES string of the molecule is Cc1ccc(Cn2c(C)c(C)c3c(N)nc(C)nc32)cn1. The van der Waals surface area contributed by atoms with E-state index in [0.717, 1.165) is 40.1 Å². The molecule has 5 nitrogen and oxygen atoms in total. The van der Waals surface area contributed by atoms with Crippen LogP contribution in [0.25, 0.3) is 11.0 Å². The summed E-state index contributed by atoms with van der Waals surface area (Å²) in [5, 5.41) is 0.957. The number of aromatic nitrogens is 4. The Bertz CT molecular complexity index is 815. The normalized spacial score (nSPS) is 11.2. The molecule has 0 fully saturated rings. The van der Waals surface area contributed by atoms with Gasteiger partial charge in [-0.25, -0.2) is 9.97 Å². The number of nitrogen functional groups attached to an aromatic ring is 1. The third-order valence-corrected chi connectivity index (χ3v) is 3.92. The molecule has 0 radical (unpaired) electrons. The van der Waals surface area contributed by atoms with Crippen molar-refractivity contribution < 1.29 is 0 Å². The Balaban J connectivity index is 2.18. The minimum Gasteiger partial charge on any atom is -0.383 e. The van der Waals surface area contributed by atoms with Gasteiger partial charge in [0.05, 0.1) is 11.9 Å². The largest absolute Gasteiger partial charge is 0.383 e. The smallest absolute Gasteiger partial charge is 0.146 e. The van der Waals surface area contributed by atoms with Gasteiger partial charge in [-0.3, -0.25) is 4.98 Å². The molecule has 108 valence electrons. The van der Waals surface area contributed by atoms with Crippen LogP contribution >= 0.6 is 0 Å². The molecule has 3 aromatic heterocycles. The molecule has 0 atom stereocenters. The number of nitrogens with zero attached hydrogens (tertiary/aromatic N) is 4. The van der Waals surface area contributed by atoms with E-state index < -0.39 is 0 Å². The maximum atomic E-state index is 6.08. The van der Waals surface area contributed by atoms with Gasteiger partial charge in [-0.2, -0.15) is 0 Å². The first kappa shape index (κ1) is 13.5. The summed E-state index contributed by atoms with van der Waals surface area (Å²) in [6.07, 6.45) is 1.91. The number of hydrogen-bond acceptors (Lipinski definition) is 4. The first-order chi connectivity index (χ1) is 9.97. The van der Waals surface area contributed by atoms with Gasteiger partial charge in [0.2, 0.25) is 0 Å². The molecule has 3 rings (SSSR count). The molecule has 0 saturated carbocycles. The van der Waals surface area contributed by atoms with E-state index in [2.05, 4.69) is 39.4 Å². The van der Waals surface area contributed by atoms with Crippen molar-refractivity contribution in [2.24, 2.45) is 0 Å². The average Bonchev–Trinajstić information content (AvgIpc) is 2.66. The van der Waals surface area contributed by atoms with Crippen molar-refractivity contribution >= 4 is 16.9 Å². The zero-order valence-corrected chi connectivity index (χ0v) is 12.8. The summed E-state index contributed by atoms with van der Waals surface area (Å²) in [5.41, 5.74) is 11.4. The van der Waals surface area contributed by atoms with Crippen molar-refractivity contribution in [3.05, 3.63) is 46.7 Å². The van der Waals surface area contributed by atoms with E-state index >= 15 is 0 Å². The van der Waals surface area contributed by atoms with Crippen LogP contribution in [0.3, 0.4) is 0 Å². The summed E-state index contributed by atoms with van der Waals surface area (Å²) in [5.74, 6) is 1.25. The van der Waals surface area contributed by atoms with E-state index in [1.54, 1.807) is 0 Å². The van der Waals surface area contributed by atoms with Crippen LogP contribution < -0.4 is 5.73 Å². The second-order valence-corrected chi connectivity index (χ2v) is 5.46. The monoisotopic (exact) mass is 281 g/mol. The van der Waals surface area contributed by atoms with Gasteiger partial charge in [0.15, 0.2) is 0 Å². The number of anilines is 1. The molecule has 5 heteroatoms. The third kappa shape index (κ3) is 2.24. The Morgan fingerprint density at radius 2 is 1.86 bits per heavy atom. The molecule has 21 heavy (non-hydrogen) atoms. The van der Waals surface area contributed by atoms with E-state index in [1.807, 2.05) is 26.1 Å². The minimum absolute atomic E-state index is 0.555. The highest BCUT2D eigenvalue weighted by molar-refractivity contribution is 5.91. The second kappa shape index (κ2) is 4.84. The number of rotatable bonds is 2. The van der Waals surface area contributed by atoms with Crippen LogP contribution in [0, 0.1) is 27.7 Å². The lowest BCUT2D eigenvalue weighted by molar-refractivity contribution is 0.783. The molecule has 0 aliphatic carbocycles. The summed E-state index contributed by atoms with van der Waals surface area (Å²) >= 11 is 0. The van der Waals surface area contributed by atoms with E-state index in [9.17, 15) is 0 Å². The molecule has 3 heterocycles. The lowest BCUT2D eigenvalue weighted by Crippen LogP contribution is -2.05. The molecule has 2 N–H and O–H groups in total. The van der Waals surface area contributed by atoms with Gasteiger partial charge in [-0.1, -0.05) is 6.07 Å². The fraction of sp³-hybridized carbons (Fsp3) is 0.312. The number of fused-ring (bicyclic) bond motifs is 1. The number of pyridine rings is 1. The van der Waals surface area contributed by atoms with Gasteiger partial charge in [0.25, 0.3) is 0 Å². The highest BCUT2D eigenvalue weighted by atomic mass is 15.1. The van der Waals surface area contributed by atoms with Crippen LogP contribution in [-0.2, 0) is 6.54 Å². The van der Waals surface area contributed by atoms with Gasteiger partial charge < -0.3 is 10.3 Å². The van der Waals surface area contributed by atoms with Gasteiger partial charge in [0.1, 0.15) is 17.3 Å². The predicted molar refractivity (Wildman–Crippen MR) is 84.2 cm³/mol. The van der Waals surface area contributed by atoms with E-state index in [0.29, 0.717) is 11.6 Å². The Morgan fingerprint density at radius 3 is 2.52 bits per heavy atom. The van der Waals surface area contributed by atoms with E-state index in [4.69, 9.17) is 5.73 Å². The van der Waals surface area contributed by atoms with Gasteiger partial charge in [-0.15, -0.1) is 0 Å². The van der Waals surface area contributed by atoms with E-state index in [-0.39, 0.29) is 0 Å². The quantitative estimate of drug-likeness (QED) is 0.784. The highest BCUT2D eigenvalue weighted by Crippen LogP contribution is 2.28. The van der Waals surface area contributed by atoms with Crippen LogP contribution in [0.15, 0.2) is 18.3 Å². The van der Waals surface area contributed by atoms with Crippen molar-refractivity contribution in [1.82, 2.24) is 19.5 Å². The van der Waals surface area contributed by atoms with Crippen LogP contribution in [0.2, 0.25) is 0 Å². The standard InChI is InChI=1S/C16H19N5/c1-9-5-6-13(7-18-9)8-21-11(3)10(2)14-15(17)19-12(4)20-16(14)21/h5-7H,8H2,1-4H3,(H2,17,19,20). The molecule has 3 aromatic rings. The Labute approximate surface area is 123 Å². The maximum absolute atomic E-state index is 6.08. The molecule has 0 aromatic carbocycles. The topological polar surface area (TPSA) is 69.6 Å². The molecule has 0 bridgehead atoms. The summed E-state index contributed by atoms with van der Waals surface area (Å²) in [7, 11) is 0. The molecule has 0 amide bonds. The Morgan fingerprint density at radius 1 is 1.10 bits per heavy atom. The minimum atomic E-state index is 0.555. The lowest BCUT2D eigenvalue weighted by Gasteiger charge is -2.08. The molecule has 0 saturated heterocycles. The molecular formula is C16H19N5. The fourth-order valence-electron chi connectivity index (χ4n) is 2.64. The third-order valence-electron chi connectivity index (χ3n) is 3.92. The maximum Gasteiger partial charge on any atom is 0.146 e. The van der Waals surface area contributed by atoms with Crippen molar-refractivity contribution in [1.29, 1.82) is 0 Å². The molecular weight excluding hydrogens is 262 g/mol. The number of nitrogens with two attached hydrogens (primary N) is 1. The first-order valence-corrected chi connectivity index (χ1v) is 6.98. The Kier molecular flexibility index (Phi) is 3.12. The van der Waals surface area contributed by atoms with Crippen molar-refractivity contribution in [3.63, 3.8) is 0 Å².